The molecule has 19 heteroatoms. The third-order valence-electron chi connectivity index (χ3n) is 5.18. The van der Waals surface area contributed by atoms with Crippen LogP contribution in [0.15, 0.2) is 50.2 Å². The van der Waals surface area contributed by atoms with E-state index in [0.717, 1.165) is 50.4 Å². The van der Waals surface area contributed by atoms with Crippen molar-refractivity contribution < 1.29 is 55.6 Å². The molecule has 0 unspecified atom stereocenters. The number of carbonyl (C=O) groups is 2. The summed E-state index contributed by atoms with van der Waals surface area (Å²) in [6.07, 6.45) is 7.45. The van der Waals surface area contributed by atoms with Crippen LogP contribution in [0.3, 0.4) is 0 Å². The molecule has 11 nitrogen and oxygen atoms in total. The summed E-state index contributed by atoms with van der Waals surface area (Å²) in [5, 5.41) is 25.1. The molecule has 0 bridgehead atoms. The quantitative estimate of drug-likeness (QED) is 0.144. The summed E-state index contributed by atoms with van der Waals surface area (Å²) in [7, 11) is 9.69. The van der Waals surface area contributed by atoms with Crippen LogP contribution < -0.4 is 17.0 Å². The van der Waals surface area contributed by atoms with Crippen LogP contribution in [-0.2, 0) is 24.3 Å². The maximum atomic E-state index is 11.0. The number of carbonyl (C=O) groups excluding carboxylic acids is 1. The zero-order chi connectivity index (χ0) is 36.0. The largest absolute Gasteiger partial charge is 2.00 e. The number of aryl methyl sites for hydroxylation is 3. The zero-order valence-electron chi connectivity index (χ0n) is 28.4. The van der Waals surface area contributed by atoms with Crippen LogP contribution in [0.25, 0.3) is 0 Å². The Morgan fingerprint density at radius 2 is 1.20 bits per heavy atom. The second-order valence-electron chi connectivity index (χ2n) is 9.32. The number of ether oxygens (including phenoxy) is 2. The van der Waals surface area contributed by atoms with Gasteiger partial charge in [-0.15, -0.1) is 0 Å². The standard InChI is InChI=1S/C9H12BrNO.C8H8BrNO2.C7H6BrNO2.C4H8O.CH4O.CH3.BrH.Cl2OS.Mg/c1-6-5-11-8(4-7(6)10)9(2,3)12;1-5-4-10-7(3-6(5)9)8(11)12-2;1-4-3-9-6(7(10)11)2-5(4)8;1-2-4-5-3-1;1-2;;;1-4(2)3;/h4-5,12H,1-3H3;3-4H,1-2H3;2-3H,1H3,(H,10,11);1-4H2;2H,1H3;1H3;1H;;/q;;;;;-1;;;+2/p-1. The van der Waals surface area contributed by atoms with Gasteiger partial charge in [0.15, 0.2) is 0 Å². The molecule has 1 fully saturated rings. The van der Waals surface area contributed by atoms with Crippen molar-refractivity contribution in [3.05, 3.63) is 91.4 Å². The van der Waals surface area contributed by atoms with Gasteiger partial charge in [-0.2, -0.15) is 0 Å². The minimum atomic E-state index is -1.67. The smallest absolute Gasteiger partial charge is 1.00 e. The van der Waals surface area contributed by atoms with Crippen molar-refractivity contribution in [1.29, 1.82) is 0 Å². The van der Waals surface area contributed by atoms with Crippen molar-refractivity contribution >= 4 is 113 Å². The molecule has 1 aliphatic heterocycles. The number of pyridine rings is 3. The number of aliphatic hydroxyl groups is 2. The number of carboxylic acids is 1. The molecule has 4 rings (SSSR count). The normalized spacial score (nSPS) is 10.7. The summed E-state index contributed by atoms with van der Waals surface area (Å²) < 4.78 is 21.1. The summed E-state index contributed by atoms with van der Waals surface area (Å²) in [6, 6.07) is 4.97. The first kappa shape index (κ1) is 58.0. The van der Waals surface area contributed by atoms with Gasteiger partial charge in [-0.05, 0) is 82.3 Å². The van der Waals surface area contributed by atoms with Crippen LogP contribution in [0, 0.1) is 28.2 Å². The Labute approximate surface area is 352 Å². The number of halogens is 6. The molecule has 0 saturated carbocycles. The van der Waals surface area contributed by atoms with E-state index in [9.17, 15) is 14.7 Å². The number of aromatic nitrogens is 3. The number of esters is 1. The molecule has 3 aromatic rings. The van der Waals surface area contributed by atoms with E-state index in [-0.39, 0.29) is 53.2 Å². The van der Waals surface area contributed by atoms with Gasteiger partial charge in [0.25, 0.3) is 0 Å². The fraction of sp³-hybridized carbons (Fsp3) is 0.400. The number of carboxylic acid groups (broad SMARTS) is 1. The Morgan fingerprint density at radius 3 is 1.49 bits per heavy atom. The first-order chi connectivity index (χ1) is 21.4. The van der Waals surface area contributed by atoms with E-state index < -0.39 is 26.8 Å². The number of nitrogens with zero attached hydrogens (tertiary/aromatic N) is 3. The van der Waals surface area contributed by atoms with Gasteiger partial charge in [0.1, 0.15) is 17.0 Å². The molecule has 274 valence electrons. The van der Waals surface area contributed by atoms with Crippen LogP contribution in [0.4, 0.5) is 0 Å². The molecule has 0 aromatic carbocycles. The van der Waals surface area contributed by atoms with Gasteiger partial charge in [-0.25, -0.2) is 23.8 Å². The van der Waals surface area contributed by atoms with Crippen molar-refractivity contribution in [2.75, 3.05) is 27.4 Å². The molecule has 3 N–H and O–H groups in total. The van der Waals surface area contributed by atoms with Gasteiger partial charge in [0.05, 0.1) is 12.8 Å². The number of aliphatic hydroxyl groups excluding tert-OH is 1. The summed E-state index contributed by atoms with van der Waals surface area (Å²) in [5.41, 5.74) is 3.18. The molecular formula is C30H41Br4Cl2MgN3O8S. The molecule has 0 radical (unpaired) electrons. The predicted octanol–water partition coefficient (Wildman–Crippen LogP) is 4.69. The molecule has 0 atom stereocenters. The topological polar surface area (TPSA) is 169 Å². The van der Waals surface area contributed by atoms with Crippen molar-refractivity contribution in [1.82, 2.24) is 15.0 Å². The van der Waals surface area contributed by atoms with E-state index in [1.165, 1.54) is 32.2 Å². The SMILES string of the molecule is C1CCOC1.CO.COC(=O)c1cc(Br)c(C)cn1.Cc1cnc(C(=O)O)cc1Br.Cc1cnc(C(C)(C)O)cc1Br.O=S(Cl)Cl.[Br-].[CH3-].[Mg+2]. The van der Waals surface area contributed by atoms with Crippen molar-refractivity contribution in [3.8, 4) is 0 Å². The Kier molecular flexibility index (Phi) is 38.3. The monoisotopic (exact) mass is 1010 g/mol. The molecule has 3 aromatic heterocycles. The second kappa shape index (κ2) is 32.3. The first-order valence-electron chi connectivity index (χ1n) is 13.1. The minimum absolute atomic E-state index is 0. The maximum Gasteiger partial charge on any atom is 2.00 e. The predicted molar refractivity (Wildman–Crippen MR) is 204 cm³/mol. The Hall–Kier alpha value is -0.314. The average molecular weight is 1020 g/mol. The molecule has 0 amide bonds. The second-order valence-corrected chi connectivity index (χ2v) is 14.4. The molecule has 4 heterocycles. The van der Waals surface area contributed by atoms with E-state index in [2.05, 4.69) is 88.8 Å². The fourth-order valence-electron chi connectivity index (χ4n) is 2.68. The van der Waals surface area contributed by atoms with Gasteiger partial charge in [-0.1, -0.05) is 47.8 Å². The van der Waals surface area contributed by atoms with Crippen LogP contribution in [0.5, 0.6) is 0 Å². The zero-order valence-corrected chi connectivity index (χ0v) is 38.5. The van der Waals surface area contributed by atoms with E-state index in [0.29, 0.717) is 11.4 Å². The van der Waals surface area contributed by atoms with Crippen LogP contribution in [0.2, 0.25) is 0 Å². The van der Waals surface area contributed by atoms with Crippen molar-refractivity contribution in [2.45, 2.75) is 53.1 Å². The van der Waals surface area contributed by atoms with Gasteiger partial charge in [0.2, 0.25) is 9.23 Å². The van der Waals surface area contributed by atoms with E-state index in [1.807, 2.05) is 26.8 Å². The molecule has 0 aliphatic carbocycles. The van der Waals surface area contributed by atoms with Gasteiger partial charge >= 0.3 is 35.0 Å². The number of hydrogen-bond acceptors (Lipinski definition) is 10. The molecule has 0 spiro atoms. The van der Waals surface area contributed by atoms with Crippen molar-refractivity contribution in [3.63, 3.8) is 0 Å². The number of aromatic carboxylic acids is 1. The average Bonchev–Trinajstić information content (AvgIpc) is 3.58. The molecule has 1 saturated heterocycles. The Morgan fingerprint density at radius 1 is 0.857 bits per heavy atom. The Balaban J connectivity index is -0.000000167. The number of hydrogen-bond donors (Lipinski definition) is 3. The number of methoxy groups -OCH3 is 1. The van der Waals surface area contributed by atoms with Gasteiger partial charge < -0.3 is 49.2 Å². The number of rotatable bonds is 3. The fourth-order valence-corrected chi connectivity index (χ4v) is 3.63. The molecular weight excluding hydrogens is 977 g/mol. The van der Waals surface area contributed by atoms with E-state index in [1.54, 1.807) is 32.3 Å². The van der Waals surface area contributed by atoms with Crippen LogP contribution >= 0.6 is 69.2 Å². The molecule has 1 aliphatic rings. The summed E-state index contributed by atoms with van der Waals surface area (Å²) in [5.74, 6) is -1.43. The maximum absolute atomic E-state index is 11.0. The third kappa shape index (κ3) is 27.9. The van der Waals surface area contributed by atoms with Gasteiger partial charge in [0, 0.05) is 73.7 Å². The summed E-state index contributed by atoms with van der Waals surface area (Å²) in [6.45, 7) is 11.2. The van der Waals surface area contributed by atoms with Crippen LogP contribution in [-0.4, -0.2) is 96.9 Å². The van der Waals surface area contributed by atoms with Crippen molar-refractivity contribution in [2.24, 2.45) is 0 Å². The summed E-state index contributed by atoms with van der Waals surface area (Å²) in [4.78, 5) is 33.1. The molecule has 49 heavy (non-hydrogen) atoms. The van der Waals surface area contributed by atoms with E-state index in [4.69, 9.17) is 19.2 Å². The third-order valence-corrected chi connectivity index (χ3v) is 7.74. The van der Waals surface area contributed by atoms with Gasteiger partial charge in [-0.3, -0.25) is 4.98 Å². The summed E-state index contributed by atoms with van der Waals surface area (Å²) >= 11 is 9.89. The van der Waals surface area contributed by atoms with Crippen LogP contribution in [0.1, 0.15) is 70.1 Å². The Bertz CT molecular complexity index is 1400. The minimum Gasteiger partial charge on any atom is -1.00 e. The first-order valence-corrected chi connectivity index (χ1v) is 18.3. The van der Waals surface area contributed by atoms with E-state index >= 15 is 0 Å².